The monoisotopic (exact) mass is 590 g/mol. The van der Waals surface area contributed by atoms with Crippen molar-refractivity contribution in [1.29, 1.82) is 0 Å². The summed E-state index contributed by atoms with van der Waals surface area (Å²) in [5, 5.41) is 14.3. The molecule has 3 aromatic rings. The molecule has 0 saturated carbocycles. The van der Waals surface area contributed by atoms with Gasteiger partial charge in [0.25, 0.3) is 11.8 Å². The molecule has 0 spiro atoms. The fourth-order valence-electron chi connectivity index (χ4n) is 5.26. The average molecular weight is 591 g/mol. The molecule has 3 amide bonds. The van der Waals surface area contributed by atoms with Crippen LogP contribution in [0.3, 0.4) is 0 Å². The lowest BCUT2D eigenvalue weighted by Crippen LogP contribution is -2.50. The minimum atomic E-state index is -0.868. The number of para-hydroxylation sites is 1. The van der Waals surface area contributed by atoms with Crippen molar-refractivity contribution >= 4 is 17.7 Å². The van der Waals surface area contributed by atoms with E-state index in [1.807, 2.05) is 36.5 Å². The van der Waals surface area contributed by atoms with Crippen LogP contribution in [0.1, 0.15) is 40.9 Å². The Bertz CT molecular complexity index is 1390. The lowest BCUT2D eigenvalue weighted by Gasteiger charge is -2.26. The van der Waals surface area contributed by atoms with Crippen molar-refractivity contribution in [2.75, 3.05) is 40.0 Å². The molecule has 228 valence electrons. The smallest absolute Gasteiger partial charge is 0.255 e. The summed E-state index contributed by atoms with van der Waals surface area (Å²) in [4.78, 5) is 42.1. The number of ether oxygens (including phenoxy) is 3. The molecule has 12 nitrogen and oxygen atoms in total. The van der Waals surface area contributed by atoms with Crippen molar-refractivity contribution in [3.63, 3.8) is 0 Å². The maximum atomic E-state index is 13.6. The van der Waals surface area contributed by atoms with Crippen LogP contribution in [0.4, 0.5) is 0 Å². The van der Waals surface area contributed by atoms with Gasteiger partial charge < -0.3 is 29.7 Å². The maximum Gasteiger partial charge on any atom is 0.255 e. The zero-order valence-corrected chi connectivity index (χ0v) is 24.4. The van der Waals surface area contributed by atoms with E-state index in [-0.39, 0.29) is 30.3 Å². The molecule has 2 aromatic carbocycles. The topological polar surface area (TPSA) is 137 Å². The number of hydrogen-bond donors (Lipinski definition) is 2. The summed E-state index contributed by atoms with van der Waals surface area (Å²) in [6.07, 6.45) is 4.31. The van der Waals surface area contributed by atoms with E-state index in [9.17, 15) is 14.4 Å². The van der Waals surface area contributed by atoms with Crippen LogP contribution in [-0.2, 0) is 33.7 Å². The molecule has 1 saturated heterocycles. The Hall–Kier alpha value is -4.45. The third-order valence-electron chi connectivity index (χ3n) is 7.55. The first-order chi connectivity index (χ1) is 21.0. The summed E-state index contributed by atoms with van der Waals surface area (Å²) in [5.41, 5.74) is 1.92. The first kappa shape index (κ1) is 30.0. The zero-order chi connectivity index (χ0) is 30.0. The lowest BCUT2D eigenvalue weighted by atomic mass is 10.0. The predicted molar refractivity (Wildman–Crippen MR) is 157 cm³/mol. The molecule has 0 aliphatic carbocycles. The summed E-state index contributed by atoms with van der Waals surface area (Å²) in [7, 11) is 1.51. The van der Waals surface area contributed by atoms with Crippen LogP contribution in [0.5, 0.6) is 11.5 Å². The number of aryl methyl sites for hydroxylation is 1. The van der Waals surface area contributed by atoms with Crippen LogP contribution in [0, 0.1) is 0 Å². The number of hydrogen-bond acceptors (Lipinski definition) is 8. The fourth-order valence-corrected chi connectivity index (χ4v) is 5.26. The molecule has 3 heterocycles. The summed E-state index contributed by atoms with van der Waals surface area (Å²) >= 11 is 0. The van der Waals surface area contributed by atoms with Crippen LogP contribution >= 0.6 is 0 Å². The van der Waals surface area contributed by atoms with Gasteiger partial charge in [0.05, 0.1) is 25.0 Å². The van der Waals surface area contributed by atoms with E-state index in [0.29, 0.717) is 63.6 Å². The number of rotatable bonds is 4. The van der Waals surface area contributed by atoms with Crippen molar-refractivity contribution in [2.24, 2.45) is 0 Å². The molecule has 2 aliphatic heterocycles. The highest BCUT2D eigenvalue weighted by atomic mass is 16.5. The first-order valence-electron chi connectivity index (χ1n) is 14.7. The maximum absolute atomic E-state index is 13.6. The summed E-state index contributed by atoms with van der Waals surface area (Å²) in [5.74, 6) is -0.183. The van der Waals surface area contributed by atoms with E-state index in [1.54, 1.807) is 27.8 Å². The average Bonchev–Trinajstić information content (AvgIpc) is 3.73. The lowest BCUT2D eigenvalue weighted by molar-refractivity contribution is -0.141. The van der Waals surface area contributed by atoms with Crippen molar-refractivity contribution < 1.29 is 28.6 Å². The molecule has 0 radical (unpaired) electrons. The van der Waals surface area contributed by atoms with Gasteiger partial charge in [-0.25, -0.2) is 0 Å². The molecule has 12 heteroatoms. The Morgan fingerprint density at radius 1 is 1.05 bits per heavy atom. The van der Waals surface area contributed by atoms with Gasteiger partial charge in [-0.1, -0.05) is 41.6 Å². The van der Waals surface area contributed by atoms with Gasteiger partial charge in [-0.2, -0.15) is 0 Å². The Labute approximate surface area is 250 Å². The Morgan fingerprint density at radius 2 is 1.91 bits per heavy atom. The Morgan fingerprint density at radius 3 is 2.70 bits per heavy atom. The SMILES string of the molecule is COc1cccc2c1OCCCn1cc(nn1)CCN(C(=O)[C@H]1CCCO1)CCNC(=O)[C@H](Cc1ccccc1)NC2=O. The highest BCUT2D eigenvalue weighted by Crippen LogP contribution is 2.31. The van der Waals surface area contributed by atoms with E-state index < -0.39 is 18.1 Å². The van der Waals surface area contributed by atoms with Gasteiger partial charge in [0.2, 0.25) is 5.91 Å². The highest BCUT2D eigenvalue weighted by Gasteiger charge is 2.29. The number of methoxy groups -OCH3 is 1. The third-order valence-corrected chi connectivity index (χ3v) is 7.55. The standard InChI is InChI=1S/C31H38N6O6/c1-41-26-11-5-10-24-28(26)43-19-7-15-37-21-23(34-35-37)13-16-36(31(40)27-12-6-18-42-27)17-14-32-30(39)25(33-29(24)38)20-22-8-3-2-4-9-22/h2-5,8-11,21,25,27H,6-7,12-20H2,1H3,(H,32,39)(H,33,38)/t25-,27+/m0/s1. The van der Waals surface area contributed by atoms with Gasteiger partial charge >= 0.3 is 0 Å². The minimum Gasteiger partial charge on any atom is -0.493 e. The third kappa shape index (κ3) is 7.89. The molecule has 5 rings (SSSR count). The van der Waals surface area contributed by atoms with Crippen molar-refractivity contribution in [3.8, 4) is 11.5 Å². The van der Waals surface area contributed by atoms with E-state index in [4.69, 9.17) is 14.2 Å². The molecule has 43 heavy (non-hydrogen) atoms. The number of benzene rings is 2. The number of aromatic nitrogens is 3. The van der Waals surface area contributed by atoms with E-state index in [2.05, 4.69) is 20.9 Å². The van der Waals surface area contributed by atoms with Gasteiger partial charge in [-0.15, -0.1) is 5.10 Å². The summed E-state index contributed by atoms with van der Waals surface area (Å²) in [6.45, 7) is 2.33. The number of nitrogens with zero attached hydrogens (tertiary/aromatic N) is 4. The van der Waals surface area contributed by atoms with Crippen LogP contribution in [0.2, 0.25) is 0 Å². The summed E-state index contributed by atoms with van der Waals surface area (Å²) < 4.78 is 18.9. The van der Waals surface area contributed by atoms with Gasteiger partial charge in [0, 0.05) is 58.2 Å². The van der Waals surface area contributed by atoms with E-state index in [1.165, 1.54) is 7.11 Å². The molecule has 1 fully saturated rings. The number of carbonyl (C=O) groups excluding carboxylic acids is 3. The van der Waals surface area contributed by atoms with Crippen LogP contribution in [0.15, 0.2) is 54.7 Å². The number of nitrogens with one attached hydrogen (secondary N) is 2. The van der Waals surface area contributed by atoms with Crippen molar-refractivity contribution in [3.05, 3.63) is 71.5 Å². The second-order valence-electron chi connectivity index (χ2n) is 10.6. The molecule has 2 aliphatic rings. The van der Waals surface area contributed by atoms with E-state index in [0.717, 1.165) is 17.7 Å². The van der Waals surface area contributed by atoms with E-state index >= 15 is 0 Å². The molecule has 0 unspecified atom stereocenters. The van der Waals surface area contributed by atoms with Gasteiger partial charge in [0.1, 0.15) is 12.1 Å². The van der Waals surface area contributed by atoms with Crippen LogP contribution < -0.4 is 20.1 Å². The Balaban J connectivity index is 1.40. The first-order valence-corrected chi connectivity index (χ1v) is 14.7. The second-order valence-corrected chi connectivity index (χ2v) is 10.6. The van der Waals surface area contributed by atoms with Crippen LogP contribution in [0.25, 0.3) is 0 Å². The minimum absolute atomic E-state index is 0.0955. The van der Waals surface area contributed by atoms with Crippen molar-refractivity contribution in [2.45, 2.75) is 50.8 Å². The zero-order valence-electron chi connectivity index (χ0n) is 24.4. The molecular formula is C31H38N6O6. The molecule has 1 aromatic heterocycles. The quantitative estimate of drug-likeness (QED) is 0.469. The number of fused-ring (bicyclic) bond motifs is 3. The molecule has 2 atom stereocenters. The Kier molecular flexibility index (Phi) is 10.2. The molecular weight excluding hydrogens is 552 g/mol. The number of amides is 3. The highest BCUT2D eigenvalue weighted by molar-refractivity contribution is 6.00. The second kappa shape index (κ2) is 14.6. The van der Waals surface area contributed by atoms with Gasteiger partial charge in [0.15, 0.2) is 11.5 Å². The fraction of sp³-hybridized carbons (Fsp3) is 0.452. The van der Waals surface area contributed by atoms with Crippen LogP contribution in [-0.4, -0.2) is 89.7 Å². The van der Waals surface area contributed by atoms with Gasteiger partial charge in [-0.3, -0.25) is 19.1 Å². The largest absolute Gasteiger partial charge is 0.493 e. The molecule has 2 N–H and O–H groups in total. The summed E-state index contributed by atoms with van der Waals surface area (Å²) in [6, 6.07) is 13.7. The normalized spacial score (nSPS) is 20.4. The predicted octanol–water partition coefficient (Wildman–Crippen LogP) is 1.78. The van der Waals surface area contributed by atoms with Gasteiger partial charge in [-0.05, 0) is 30.5 Å². The molecule has 2 bridgehead atoms. The number of carbonyl (C=O) groups is 3. The van der Waals surface area contributed by atoms with Crippen molar-refractivity contribution in [1.82, 2.24) is 30.5 Å².